The molecule has 13 heteroatoms. The minimum absolute atomic E-state index is 0.00822. The molecule has 1 aromatic heterocycles. The van der Waals surface area contributed by atoms with Crippen molar-refractivity contribution in [3.63, 3.8) is 0 Å². The first kappa shape index (κ1) is 29.8. The van der Waals surface area contributed by atoms with Crippen molar-refractivity contribution >= 4 is 51.3 Å². The summed E-state index contributed by atoms with van der Waals surface area (Å²) in [5, 5.41) is 6.93. The van der Waals surface area contributed by atoms with Crippen LogP contribution in [0.4, 0.5) is 0 Å². The number of aryl methyl sites for hydroxylation is 1. The lowest BCUT2D eigenvalue weighted by Crippen LogP contribution is -2.41. The monoisotopic (exact) mass is 606 g/mol. The second-order valence-corrected chi connectivity index (χ2v) is 11.9. The highest BCUT2D eigenvalue weighted by molar-refractivity contribution is 7.89. The second kappa shape index (κ2) is 13.4. The van der Waals surface area contributed by atoms with Crippen molar-refractivity contribution in [2.75, 3.05) is 13.2 Å². The first-order chi connectivity index (χ1) is 19.1. The molecule has 0 saturated carbocycles. The maximum atomic E-state index is 13.6. The van der Waals surface area contributed by atoms with E-state index in [1.807, 2.05) is 6.92 Å². The zero-order valence-electron chi connectivity index (χ0n) is 21.6. The molecule has 1 fully saturated rings. The smallest absolute Gasteiger partial charge is 0.329 e. The van der Waals surface area contributed by atoms with E-state index in [4.69, 9.17) is 32.4 Å². The van der Waals surface area contributed by atoms with Crippen LogP contribution < -0.4 is 10.7 Å². The van der Waals surface area contributed by atoms with Crippen molar-refractivity contribution in [3.05, 3.63) is 87.3 Å². The van der Waals surface area contributed by atoms with Crippen LogP contribution in [0, 0.1) is 6.92 Å². The summed E-state index contributed by atoms with van der Waals surface area (Å²) in [4.78, 5) is 24.0. The number of rotatable bonds is 10. The Kier molecular flexibility index (Phi) is 9.99. The van der Waals surface area contributed by atoms with Crippen LogP contribution >= 0.6 is 23.2 Å². The van der Waals surface area contributed by atoms with Crippen molar-refractivity contribution in [1.82, 2.24) is 15.0 Å². The first-order valence-electron chi connectivity index (χ1n) is 12.4. The van der Waals surface area contributed by atoms with Crippen LogP contribution in [0.5, 0.6) is 0 Å². The van der Waals surface area contributed by atoms with Gasteiger partial charge in [-0.1, -0.05) is 47.0 Å². The van der Waals surface area contributed by atoms with E-state index in [2.05, 4.69) is 15.8 Å². The van der Waals surface area contributed by atoms with Crippen molar-refractivity contribution in [1.29, 1.82) is 0 Å². The number of hydrogen-bond donors (Lipinski definition) is 2. The summed E-state index contributed by atoms with van der Waals surface area (Å²) in [6.45, 7) is 2.68. The quantitative estimate of drug-likeness (QED) is 0.203. The van der Waals surface area contributed by atoms with E-state index in [1.165, 1.54) is 10.5 Å². The van der Waals surface area contributed by atoms with Gasteiger partial charge in [0.15, 0.2) is 0 Å². The van der Waals surface area contributed by atoms with Gasteiger partial charge in [-0.25, -0.2) is 13.8 Å². The first-order valence-corrected chi connectivity index (χ1v) is 14.6. The summed E-state index contributed by atoms with van der Waals surface area (Å²) in [7, 11) is -3.92. The van der Waals surface area contributed by atoms with Crippen LogP contribution in [-0.4, -0.2) is 50.0 Å². The molecule has 1 aliphatic heterocycles. The van der Waals surface area contributed by atoms with Gasteiger partial charge >= 0.3 is 11.8 Å². The molecule has 2 N–H and O–H groups in total. The number of hydrogen-bond acceptors (Lipinski definition) is 7. The average Bonchev–Trinajstić information content (AvgIpc) is 3.61. The summed E-state index contributed by atoms with van der Waals surface area (Å²) in [6, 6.07) is 14.6. The minimum atomic E-state index is -3.92. The predicted molar refractivity (Wildman–Crippen MR) is 151 cm³/mol. The van der Waals surface area contributed by atoms with Crippen molar-refractivity contribution in [2.45, 2.75) is 43.9 Å². The fourth-order valence-corrected chi connectivity index (χ4v) is 5.66. The molecule has 212 valence electrons. The number of amides is 2. The Hall–Kier alpha value is -3.22. The number of ether oxygens (including phenoxy) is 1. The van der Waals surface area contributed by atoms with Gasteiger partial charge < -0.3 is 14.5 Å². The molecule has 0 bridgehead atoms. The van der Waals surface area contributed by atoms with Crippen molar-refractivity contribution < 1.29 is 27.2 Å². The number of benzene rings is 2. The van der Waals surface area contributed by atoms with Crippen LogP contribution in [0.15, 0.2) is 69.0 Å². The molecule has 40 heavy (non-hydrogen) atoms. The zero-order valence-corrected chi connectivity index (χ0v) is 23.9. The fourth-order valence-electron chi connectivity index (χ4n) is 3.95. The van der Waals surface area contributed by atoms with Gasteiger partial charge in [-0.15, -0.1) is 0 Å². The summed E-state index contributed by atoms with van der Waals surface area (Å²) >= 11 is 12.2. The van der Waals surface area contributed by atoms with Crippen molar-refractivity contribution in [2.24, 2.45) is 5.10 Å². The standard InChI is InChI=1S/C27H28Cl2N4O6S/c1-18-4-9-23(10-5-18)40(36,37)33(16-19-6-11-24(28)25(29)13-19)17-22-8-7-21(39-22)15-31-32-27(35)26(34)30-14-20-3-2-12-38-20/h4-11,13,15,20H,2-3,12,14,16-17H2,1H3,(H,30,34)(H,32,35)/b31-15+/t20-/m0/s1. The minimum Gasteiger partial charge on any atom is -0.459 e. The summed E-state index contributed by atoms with van der Waals surface area (Å²) in [5.74, 6) is -1.18. The predicted octanol–water partition coefficient (Wildman–Crippen LogP) is 4.03. The number of halogens is 2. The van der Waals surface area contributed by atoms with E-state index in [1.54, 1.807) is 54.6 Å². The topological polar surface area (TPSA) is 130 Å². The molecule has 0 radical (unpaired) electrons. The van der Waals surface area contributed by atoms with Gasteiger partial charge in [-0.3, -0.25) is 9.59 Å². The van der Waals surface area contributed by atoms with E-state index in [0.29, 0.717) is 28.0 Å². The normalized spacial score (nSPS) is 15.6. The molecule has 1 saturated heterocycles. The zero-order chi connectivity index (χ0) is 28.7. The Labute approximate surface area is 242 Å². The third-order valence-corrected chi connectivity index (χ3v) is 8.64. The lowest BCUT2D eigenvalue weighted by molar-refractivity contribution is -0.139. The van der Waals surface area contributed by atoms with Gasteiger partial charge in [0.1, 0.15) is 11.5 Å². The van der Waals surface area contributed by atoms with E-state index >= 15 is 0 Å². The Bertz CT molecular complexity index is 1480. The maximum Gasteiger partial charge on any atom is 0.329 e. The Morgan fingerprint density at radius 1 is 1.05 bits per heavy atom. The molecule has 0 unspecified atom stereocenters. The third-order valence-electron chi connectivity index (χ3n) is 6.09. The number of furan rings is 1. The van der Waals surface area contributed by atoms with Gasteiger partial charge in [0.05, 0.1) is 33.8 Å². The van der Waals surface area contributed by atoms with Crippen molar-refractivity contribution in [3.8, 4) is 0 Å². The van der Waals surface area contributed by atoms with Gasteiger partial charge in [0.2, 0.25) is 10.0 Å². The van der Waals surface area contributed by atoms with Gasteiger partial charge in [-0.2, -0.15) is 9.41 Å². The lowest BCUT2D eigenvalue weighted by atomic mass is 10.2. The maximum absolute atomic E-state index is 13.6. The molecular formula is C27H28Cl2N4O6S. The molecule has 0 spiro atoms. The molecule has 1 atom stereocenters. The molecule has 10 nitrogen and oxygen atoms in total. The molecule has 0 aliphatic carbocycles. The summed E-state index contributed by atoms with van der Waals surface area (Å²) < 4.78 is 39.5. The van der Waals surface area contributed by atoms with Gasteiger partial charge in [-0.05, 0) is 61.7 Å². The van der Waals surface area contributed by atoms with Crippen LogP contribution in [0.25, 0.3) is 0 Å². The molecule has 2 aromatic carbocycles. The van der Waals surface area contributed by atoms with Crippen LogP contribution in [-0.2, 0) is 37.4 Å². The summed E-state index contributed by atoms with van der Waals surface area (Å²) in [6.07, 6.45) is 2.88. The van der Waals surface area contributed by atoms with Crippen LogP contribution in [0.1, 0.15) is 35.5 Å². The Balaban J connectivity index is 1.43. The second-order valence-electron chi connectivity index (χ2n) is 9.18. The van der Waals surface area contributed by atoms with Crippen LogP contribution in [0.2, 0.25) is 10.0 Å². The number of hydrazone groups is 1. The third kappa shape index (κ3) is 7.92. The number of nitrogens with one attached hydrogen (secondary N) is 2. The fraction of sp³-hybridized carbons (Fsp3) is 0.296. The lowest BCUT2D eigenvalue weighted by Gasteiger charge is -2.22. The molecule has 2 amide bonds. The van der Waals surface area contributed by atoms with E-state index < -0.39 is 21.8 Å². The average molecular weight is 608 g/mol. The Morgan fingerprint density at radius 2 is 1.82 bits per heavy atom. The number of sulfonamides is 1. The highest BCUT2D eigenvalue weighted by atomic mass is 35.5. The van der Waals surface area contributed by atoms with E-state index in [0.717, 1.165) is 18.4 Å². The number of nitrogens with zero attached hydrogens (tertiary/aromatic N) is 2. The van der Waals surface area contributed by atoms with Crippen LogP contribution in [0.3, 0.4) is 0 Å². The number of carbonyl (C=O) groups is 2. The molecule has 3 aromatic rings. The SMILES string of the molecule is Cc1ccc(S(=O)(=O)N(Cc2ccc(Cl)c(Cl)c2)Cc2ccc(/C=N/NC(=O)C(=O)NC[C@@H]3CCCO3)o2)cc1. The van der Waals surface area contributed by atoms with E-state index in [9.17, 15) is 18.0 Å². The molecule has 2 heterocycles. The summed E-state index contributed by atoms with van der Waals surface area (Å²) in [5.41, 5.74) is 3.70. The van der Waals surface area contributed by atoms with E-state index in [-0.39, 0.29) is 36.4 Å². The Morgan fingerprint density at radius 3 is 2.52 bits per heavy atom. The molecule has 1 aliphatic rings. The largest absolute Gasteiger partial charge is 0.459 e. The highest BCUT2D eigenvalue weighted by Gasteiger charge is 2.26. The molecular weight excluding hydrogens is 579 g/mol. The number of carbonyl (C=O) groups excluding carboxylic acids is 2. The van der Waals surface area contributed by atoms with Gasteiger partial charge in [0, 0.05) is 19.7 Å². The molecule has 4 rings (SSSR count). The van der Waals surface area contributed by atoms with Gasteiger partial charge in [0.25, 0.3) is 0 Å². The highest BCUT2D eigenvalue weighted by Crippen LogP contribution is 2.26.